The highest BCUT2D eigenvalue weighted by Crippen LogP contribution is 2.07. The van der Waals surface area contributed by atoms with Crippen molar-refractivity contribution in [2.24, 2.45) is 5.10 Å². The molecule has 1 aliphatic rings. The lowest BCUT2D eigenvalue weighted by Gasteiger charge is -2.11. The minimum Gasteiger partial charge on any atom is -0.328 e. The van der Waals surface area contributed by atoms with Crippen molar-refractivity contribution in [1.82, 2.24) is 10.5 Å². The molecule has 11 heavy (non-hydrogen) atoms. The normalized spacial score (nSPS) is 14.4. The van der Waals surface area contributed by atoms with Crippen molar-refractivity contribution < 1.29 is 4.84 Å². The quantitative estimate of drug-likeness (QED) is 0.617. The predicted molar refractivity (Wildman–Crippen MR) is 38.4 cm³/mol. The van der Waals surface area contributed by atoms with Gasteiger partial charge in [-0.25, -0.2) is 4.98 Å². The average Bonchev–Trinajstić information content (AvgIpc) is 2.58. The summed E-state index contributed by atoms with van der Waals surface area (Å²) >= 11 is 0. The van der Waals surface area contributed by atoms with E-state index in [2.05, 4.69) is 22.0 Å². The Morgan fingerprint density at radius 3 is 3.18 bits per heavy atom. The molecule has 5 heteroatoms. The van der Waals surface area contributed by atoms with Gasteiger partial charge in [0.05, 0.1) is 0 Å². The van der Waals surface area contributed by atoms with E-state index in [9.17, 15) is 0 Å². The topological polar surface area (TPSA) is 49.8 Å². The largest absolute Gasteiger partial charge is 0.333 e. The van der Waals surface area contributed by atoms with E-state index in [-0.39, 0.29) is 0 Å². The first-order valence-corrected chi connectivity index (χ1v) is 3.05. The molecule has 0 spiro atoms. The van der Waals surface area contributed by atoms with Crippen molar-refractivity contribution in [3.8, 4) is 0 Å². The maximum atomic E-state index is 4.78. The molecule has 0 amide bonds. The maximum absolute atomic E-state index is 4.78. The third kappa shape index (κ3) is 1.07. The van der Waals surface area contributed by atoms with Crippen LogP contribution in [0.4, 0.5) is 5.82 Å². The molecule has 0 fully saturated rings. The zero-order valence-corrected chi connectivity index (χ0v) is 5.56. The van der Waals surface area contributed by atoms with Crippen LogP contribution < -0.4 is 10.7 Å². The molecule has 0 aromatic carbocycles. The molecule has 0 saturated carbocycles. The monoisotopic (exact) mass is 149 g/mol. The third-order valence-electron chi connectivity index (χ3n) is 1.18. The van der Waals surface area contributed by atoms with Crippen LogP contribution in [0, 0.1) is 0 Å². The second-order valence-corrected chi connectivity index (χ2v) is 1.88. The molecule has 5 nitrogen and oxygen atoms in total. The van der Waals surface area contributed by atoms with Crippen LogP contribution >= 0.6 is 0 Å². The minimum atomic E-state index is 0.640. The first kappa shape index (κ1) is 5.96. The van der Waals surface area contributed by atoms with Crippen LogP contribution in [0.15, 0.2) is 29.5 Å². The highest BCUT2D eigenvalue weighted by atomic mass is 16.7. The SMILES string of the molecule is [C]1=NNN(c2ccccn2)O1. The Morgan fingerprint density at radius 1 is 1.55 bits per heavy atom. The highest BCUT2D eigenvalue weighted by Gasteiger charge is 2.10. The Morgan fingerprint density at radius 2 is 2.55 bits per heavy atom. The van der Waals surface area contributed by atoms with Gasteiger partial charge in [-0.1, -0.05) is 11.2 Å². The Hall–Kier alpha value is -1.78. The van der Waals surface area contributed by atoms with Gasteiger partial charge >= 0.3 is 6.40 Å². The zero-order valence-electron chi connectivity index (χ0n) is 5.56. The number of anilines is 1. The summed E-state index contributed by atoms with van der Waals surface area (Å²) in [6.07, 6.45) is 3.94. The zero-order chi connectivity index (χ0) is 7.52. The second kappa shape index (κ2) is 2.45. The van der Waals surface area contributed by atoms with Gasteiger partial charge in [0.1, 0.15) is 0 Å². The lowest BCUT2D eigenvalue weighted by atomic mass is 10.5. The van der Waals surface area contributed by atoms with E-state index >= 15 is 0 Å². The Bertz CT molecular complexity index is 253. The molecule has 55 valence electrons. The number of hydrazone groups is 1. The molecule has 1 aromatic heterocycles. The van der Waals surface area contributed by atoms with Crippen molar-refractivity contribution in [1.29, 1.82) is 0 Å². The van der Waals surface area contributed by atoms with E-state index in [1.165, 1.54) is 5.17 Å². The molecular weight excluding hydrogens is 144 g/mol. The summed E-state index contributed by atoms with van der Waals surface area (Å²) in [5.74, 6) is 0.640. The van der Waals surface area contributed by atoms with Crippen molar-refractivity contribution >= 4 is 12.2 Å². The fraction of sp³-hybridized carbons (Fsp3) is 0. The van der Waals surface area contributed by atoms with Crippen LogP contribution in [0.2, 0.25) is 0 Å². The molecule has 2 heterocycles. The average molecular weight is 149 g/mol. The number of hydrogen-bond donors (Lipinski definition) is 1. The fourth-order valence-corrected chi connectivity index (χ4v) is 0.719. The summed E-state index contributed by atoms with van der Waals surface area (Å²) in [5.41, 5.74) is 2.54. The van der Waals surface area contributed by atoms with E-state index < -0.39 is 0 Å². The van der Waals surface area contributed by atoms with Crippen LogP contribution in [0.25, 0.3) is 0 Å². The van der Waals surface area contributed by atoms with E-state index in [1.54, 1.807) is 12.3 Å². The summed E-state index contributed by atoms with van der Waals surface area (Å²) in [4.78, 5) is 8.78. The summed E-state index contributed by atoms with van der Waals surface area (Å²) in [7, 11) is 0. The van der Waals surface area contributed by atoms with Gasteiger partial charge in [0, 0.05) is 6.20 Å². The van der Waals surface area contributed by atoms with Crippen LogP contribution in [-0.2, 0) is 4.84 Å². The summed E-state index contributed by atoms with van der Waals surface area (Å²) in [5, 5.41) is 4.81. The Labute approximate surface area is 63.2 Å². The first-order chi connectivity index (χ1) is 5.47. The molecule has 1 aromatic rings. The van der Waals surface area contributed by atoms with E-state index in [4.69, 9.17) is 4.84 Å². The number of nitrogens with one attached hydrogen (secondary N) is 1. The van der Waals surface area contributed by atoms with E-state index in [1.807, 2.05) is 12.1 Å². The molecular formula is C6H5N4O. The highest BCUT2D eigenvalue weighted by molar-refractivity contribution is 5.51. The molecule has 1 aliphatic heterocycles. The van der Waals surface area contributed by atoms with Crippen LogP contribution in [0.5, 0.6) is 0 Å². The maximum Gasteiger partial charge on any atom is 0.333 e. The summed E-state index contributed by atoms with van der Waals surface area (Å²) in [6, 6.07) is 5.46. The minimum absolute atomic E-state index is 0.640. The molecule has 0 atom stereocenters. The van der Waals surface area contributed by atoms with E-state index in [0.717, 1.165) is 0 Å². The first-order valence-electron chi connectivity index (χ1n) is 3.05. The van der Waals surface area contributed by atoms with Gasteiger partial charge in [0.2, 0.25) is 0 Å². The third-order valence-corrected chi connectivity index (χ3v) is 1.18. The second-order valence-electron chi connectivity index (χ2n) is 1.88. The van der Waals surface area contributed by atoms with Gasteiger partial charge in [0.15, 0.2) is 5.82 Å². The Kier molecular flexibility index (Phi) is 1.33. The predicted octanol–water partition coefficient (Wildman–Crippen LogP) is 0.158. The smallest absolute Gasteiger partial charge is 0.328 e. The van der Waals surface area contributed by atoms with Crippen LogP contribution in [-0.4, -0.2) is 11.4 Å². The number of nitrogens with zero attached hydrogens (tertiary/aromatic N) is 3. The fourth-order valence-electron chi connectivity index (χ4n) is 0.719. The lowest BCUT2D eigenvalue weighted by Crippen LogP contribution is -2.28. The summed E-state index contributed by atoms with van der Waals surface area (Å²) < 4.78 is 0. The van der Waals surface area contributed by atoms with Crippen molar-refractivity contribution in [2.45, 2.75) is 0 Å². The van der Waals surface area contributed by atoms with Gasteiger partial charge in [-0.15, -0.1) is 5.10 Å². The van der Waals surface area contributed by atoms with Crippen molar-refractivity contribution in [2.75, 3.05) is 5.17 Å². The number of hydrazine groups is 1. The lowest BCUT2D eigenvalue weighted by molar-refractivity contribution is 0.271. The molecule has 1 N–H and O–H groups in total. The molecule has 0 unspecified atom stereocenters. The Balaban J connectivity index is 2.17. The van der Waals surface area contributed by atoms with Crippen LogP contribution in [0.3, 0.4) is 0 Å². The molecule has 0 bridgehead atoms. The number of hydrogen-bond acceptors (Lipinski definition) is 5. The van der Waals surface area contributed by atoms with Gasteiger partial charge in [-0.05, 0) is 12.1 Å². The molecule has 0 aliphatic carbocycles. The number of aromatic nitrogens is 1. The van der Waals surface area contributed by atoms with Gasteiger partial charge in [-0.3, -0.25) is 0 Å². The number of pyridine rings is 1. The molecule has 1 radical (unpaired) electrons. The van der Waals surface area contributed by atoms with Crippen molar-refractivity contribution in [3.05, 3.63) is 24.4 Å². The van der Waals surface area contributed by atoms with Crippen molar-refractivity contribution in [3.63, 3.8) is 0 Å². The summed E-state index contributed by atoms with van der Waals surface area (Å²) in [6.45, 7) is 0. The molecule has 2 rings (SSSR count). The van der Waals surface area contributed by atoms with Gasteiger partial charge in [-0.2, -0.15) is 5.53 Å². The molecule has 0 saturated heterocycles. The standard InChI is InChI=1S/C6H5N4O/c1-2-4-7-6(3-1)10-9-8-5-11-10/h1-4,9H. The van der Waals surface area contributed by atoms with Gasteiger partial charge < -0.3 is 4.84 Å². The van der Waals surface area contributed by atoms with Crippen LogP contribution in [0.1, 0.15) is 0 Å². The number of rotatable bonds is 1. The van der Waals surface area contributed by atoms with E-state index in [0.29, 0.717) is 5.82 Å². The van der Waals surface area contributed by atoms with Gasteiger partial charge in [0.25, 0.3) is 0 Å².